The molecular formula is C23H35F3N4O6S. The lowest BCUT2D eigenvalue weighted by atomic mass is 10.0. The fourth-order valence-electron chi connectivity index (χ4n) is 3.88. The number of ether oxygens (including phenoxy) is 2. The van der Waals surface area contributed by atoms with Crippen LogP contribution in [0, 0.1) is 5.92 Å². The third kappa shape index (κ3) is 8.95. The van der Waals surface area contributed by atoms with E-state index >= 15 is 0 Å². The summed E-state index contributed by atoms with van der Waals surface area (Å²) in [6, 6.07) is 2.83. The number of halogens is 3. The lowest BCUT2D eigenvalue weighted by Gasteiger charge is -2.36. The van der Waals surface area contributed by atoms with Crippen LogP contribution in [-0.4, -0.2) is 94.1 Å². The summed E-state index contributed by atoms with van der Waals surface area (Å²) in [4.78, 5) is 29.2. The summed E-state index contributed by atoms with van der Waals surface area (Å²) < 4.78 is 75.2. The lowest BCUT2D eigenvalue weighted by Crippen LogP contribution is -2.52. The van der Waals surface area contributed by atoms with E-state index < -0.39 is 40.0 Å². The first-order valence-electron chi connectivity index (χ1n) is 11.7. The maximum Gasteiger partial charge on any atom is 0.404 e. The highest BCUT2D eigenvalue weighted by Gasteiger charge is 2.35. The highest BCUT2D eigenvalue weighted by Crippen LogP contribution is 2.28. The summed E-state index contributed by atoms with van der Waals surface area (Å²) in [6.07, 6.45) is -5.38. The van der Waals surface area contributed by atoms with E-state index in [0.717, 1.165) is 6.07 Å². The number of nitrogens with zero attached hydrogens (tertiary/aromatic N) is 2. The van der Waals surface area contributed by atoms with Crippen LogP contribution in [0.5, 0.6) is 5.75 Å². The Balaban J connectivity index is 2.46. The number of nitrogens with one attached hydrogen (secondary N) is 2. The number of alkyl halides is 3. The number of sulfonamides is 1. The predicted octanol–water partition coefficient (Wildman–Crippen LogP) is 2.91. The van der Waals surface area contributed by atoms with Gasteiger partial charge < -0.3 is 24.6 Å². The zero-order valence-corrected chi connectivity index (χ0v) is 22.6. The van der Waals surface area contributed by atoms with Gasteiger partial charge in [0.1, 0.15) is 12.4 Å². The standard InChI is InChI=1S/C23H35F3N4O6S/c1-14(2)27-22(32)30-10-15(3)20(35-6)11-29(5)21(31)18-9-17(7-8-19(18)36-12-16(30)4)28-37(33,34)13-23(24,25)26/h7-9,14-16,20,28H,10-13H2,1-6H3,(H,27,32)/t15-,16-,20+/m0/s1. The minimum atomic E-state index is -4.93. The summed E-state index contributed by atoms with van der Waals surface area (Å²) in [7, 11) is -1.74. The van der Waals surface area contributed by atoms with Gasteiger partial charge in [0.05, 0.1) is 17.7 Å². The molecule has 10 nitrogen and oxygen atoms in total. The van der Waals surface area contributed by atoms with Gasteiger partial charge in [-0.3, -0.25) is 9.52 Å². The molecule has 0 spiro atoms. The van der Waals surface area contributed by atoms with E-state index in [1.165, 1.54) is 31.2 Å². The summed E-state index contributed by atoms with van der Waals surface area (Å²) in [6.45, 7) is 7.82. The molecule has 0 unspecified atom stereocenters. The van der Waals surface area contributed by atoms with Crippen molar-refractivity contribution in [1.82, 2.24) is 15.1 Å². The van der Waals surface area contributed by atoms with Gasteiger partial charge in [-0.2, -0.15) is 13.2 Å². The first-order chi connectivity index (χ1) is 17.0. The number of carbonyl (C=O) groups is 2. The number of hydrogen-bond acceptors (Lipinski definition) is 6. The normalized spacial score (nSPS) is 22.0. The molecule has 1 heterocycles. The molecule has 37 heavy (non-hydrogen) atoms. The van der Waals surface area contributed by atoms with Crippen molar-refractivity contribution >= 4 is 27.6 Å². The number of urea groups is 1. The number of fused-ring (bicyclic) bond motifs is 1. The molecule has 0 bridgehead atoms. The number of likely N-dealkylation sites (N-methyl/N-ethyl adjacent to an activating group) is 1. The smallest absolute Gasteiger partial charge is 0.404 e. The van der Waals surface area contributed by atoms with Crippen molar-refractivity contribution in [2.24, 2.45) is 5.92 Å². The first kappa shape index (κ1) is 30.5. The molecule has 1 aliphatic heterocycles. The Morgan fingerprint density at radius 1 is 1.24 bits per heavy atom. The molecule has 3 atom stereocenters. The Labute approximate surface area is 215 Å². The van der Waals surface area contributed by atoms with Crippen LogP contribution in [0.4, 0.5) is 23.7 Å². The van der Waals surface area contributed by atoms with Crippen LogP contribution in [0.1, 0.15) is 38.1 Å². The highest BCUT2D eigenvalue weighted by molar-refractivity contribution is 7.92. The monoisotopic (exact) mass is 552 g/mol. The molecule has 0 aromatic heterocycles. The molecule has 0 radical (unpaired) electrons. The van der Waals surface area contributed by atoms with Gasteiger partial charge in [-0.05, 0) is 39.0 Å². The molecule has 1 aromatic rings. The van der Waals surface area contributed by atoms with Crippen molar-refractivity contribution < 1.29 is 40.7 Å². The molecule has 0 saturated carbocycles. The van der Waals surface area contributed by atoms with E-state index in [1.807, 2.05) is 25.5 Å². The van der Waals surface area contributed by atoms with Gasteiger partial charge in [0.25, 0.3) is 5.91 Å². The molecule has 3 amide bonds. The van der Waals surface area contributed by atoms with Crippen LogP contribution in [0.2, 0.25) is 0 Å². The number of methoxy groups -OCH3 is 1. The van der Waals surface area contributed by atoms with Crippen LogP contribution >= 0.6 is 0 Å². The molecule has 0 aliphatic carbocycles. The number of carbonyl (C=O) groups excluding carboxylic acids is 2. The second kappa shape index (κ2) is 12.2. The van der Waals surface area contributed by atoms with Crippen LogP contribution in [-0.2, 0) is 14.8 Å². The van der Waals surface area contributed by atoms with E-state index in [1.54, 1.807) is 11.8 Å². The number of amides is 3. The SMILES string of the molecule is CO[C@@H]1CN(C)C(=O)c2cc(NS(=O)(=O)CC(F)(F)F)ccc2OC[C@H](C)N(C(=O)NC(C)C)C[C@@H]1C. The van der Waals surface area contributed by atoms with Gasteiger partial charge in [-0.15, -0.1) is 0 Å². The molecule has 1 aromatic carbocycles. The van der Waals surface area contributed by atoms with Crippen LogP contribution < -0.4 is 14.8 Å². The Morgan fingerprint density at radius 2 is 1.89 bits per heavy atom. The van der Waals surface area contributed by atoms with E-state index in [0.29, 0.717) is 6.54 Å². The predicted molar refractivity (Wildman–Crippen MR) is 132 cm³/mol. The van der Waals surface area contributed by atoms with Gasteiger partial charge in [-0.25, -0.2) is 13.2 Å². The fourth-order valence-corrected chi connectivity index (χ4v) is 4.87. The van der Waals surface area contributed by atoms with Crippen LogP contribution in [0.3, 0.4) is 0 Å². The molecule has 2 N–H and O–H groups in total. The highest BCUT2D eigenvalue weighted by atomic mass is 32.2. The lowest BCUT2D eigenvalue weighted by molar-refractivity contribution is -0.106. The van der Waals surface area contributed by atoms with Crippen LogP contribution in [0.25, 0.3) is 0 Å². The van der Waals surface area contributed by atoms with Crippen molar-refractivity contribution in [2.45, 2.75) is 52.1 Å². The number of hydrogen-bond donors (Lipinski definition) is 2. The third-order valence-electron chi connectivity index (χ3n) is 5.74. The van der Waals surface area contributed by atoms with E-state index in [2.05, 4.69) is 5.32 Å². The number of rotatable bonds is 5. The number of benzene rings is 1. The minimum Gasteiger partial charge on any atom is -0.491 e. The maximum absolute atomic E-state index is 13.3. The summed E-state index contributed by atoms with van der Waals surface area (Å²) in [5, 5.41) is 2.87. The van der Waals surface area contributed by atoms with Crippen molar-refractivity contribution in [3.8, 4) is 5.75 Å². The van der Waals surface area contributed by atoms with Crippen molar-refractivity contribution in [3.63, 3.8) is 0 Å². The average molecular weight is 553 g/mol. The van der Waals surface area contributed by atoms with Crippen LogP contribution in [0.15, 0.2) is 18.2 Å². The van der Waals surface area contributed by atoms with Gasteiger partial charge in [0.15, 0.2) is 5.75 Å². The first-order valence-corrected chi connectivity index (χ1v) is 13.4. The van der Waals surface area contributed by atoms with Gasteiger partial charge in [0, 0.05) is 44.9 Å². The van der Waals surface area contributed by atoms with Crippen molar-refractivity contribution in [2.75, 3.05) is 44.3 Å². The summed E-state index contributed by atoms with van der Waals surface area (Å²) in [5.41, 5.74) is -0.272. The Bertz CT molecular complexity index is 1070. The Morgan fingerprint density at radius 3 is 2.46 bits per heavy atom. The maximum atomic E-state index is 13.3. The Hall–Kier alpha value is -2.74. The molecule has 0 saturated heterocycles. The van der Waals surface area contributed by atoms with E-state index in [4.69, 9.17) is 9.47 Å². The quantitative estimate of drug-likeness (QED) is 0.580. The zero-order chi connectivity index (χ0) is 28.1. The molecular weight excluding hydrogens is 517 g/mol. The summed E-state index contributed by atoms with van der Waals surface area (Å²) in [5.74, 6) is -2.70. The topological polar surface area (TPSA) is 117 Å². The van der Waals surface area contributed by atoms with E-state index in [-0.39, 0.29) is 48.1 Å². The van der Waals surface area contributed by atoms with Gasteiger partial charge >= 0.3 is 12.2 Å². The third-order valence-corrected chi connectivity index (χ3v) is 7.00. The molecule has 0 fully saturated rings. The van der Waals surface area contributed by atoms with Gasteiger partial charge in [0.2, 0.25) is 10.0 Å². The Kier molecular flexibility index (Phi) is 10.1. The van der Waals surface area contributed by atoms with Gasteiger partial charge in [-0.1, -0.05) is 6.92 Å². The molecule has 14 heteroatoms. The second-order valence-electron chi connectivity index (χ2n) is 9.54. The van der Waals surface area contributed by atoms with Crippen molar-refractivity contribution in [1.29, 1.82) is 0 Å². The second-order valence-corrected chi connectivity index (χ2v) is 11.3. The molecule has 210 valence electrons. The molecule has 1 aliphatic rings. The zero-order valence-electron chi connectivity index (χ0n) is 21.8. The number of anilines is 1. The van der Waals surface area contributed by atoms with E-state index in [9.17, 15) is 31.2 Å². The fraction of sp³-hybridized carbons (Fsp3) is 0.652. The minimum absolute atomic E-state index is 0.000966. The average Bonchev–Trinajstić information content (AvgIpc) is 2.75. The molecule has 2 rings (SSSR count). The van der Waals surface area contributed by atoms with Crippen molar-refractivity contribution in [3.05, 3.63) is 23.8 Å². The summed E-state index contributed by atoms with van der Waals surface area (Å²) >= 11 is 0. The largest absolute Gasteiger partial charge is 0.491 e.